The molecule has 1 fully saturated rings. The van der Waals surface area contributed by atoms with Gasteiger partial charge in [-0.15, -0.1) is 0 Å². The van der Waals surface area contributed by atoms with E-state index in [9.17, 15) is 22.4 Å². The predicted octanol–water partition coefficient (Wildman–Crippen LogP) is 4.52. The number of carbonyl (C=O) groups is 1. The van der Waals surface area contributed by atoms with Gasteiger partial charge in [0.25, 0.3) is 0 Å². The molecule has 146 valence electrons. The van der Waals surface area contributed by atoms with Crippen molar-refractivity contribution < 1.29 is 22.4 Å². The second kappa shape index (κ2) is 6.92. The van der Waals surface area contributed by atoms with Gasteiger partial charge in [0.15, 0.2) is 0 Å². The molecule has 28 heavy (non-hydrogen) atoms. The van der Waals surface area contributed by atoms with E-state index in [4.69, 9.17) is 0 Å². The van der Waals surface area contributed by atoms with E-state index in [1.807, 2.05) is 0 Å². The van der Waals surface area contributed by atoms with Gasteiger partial charge in [-0.25, -0.2) is 9.07 Å². The summed E-state index contributed by atoms with van der Waals surface area (Å²) in [7, 11) is 0. The van der Waals surface area contributed by atoms with Gasteiger partial charge in [0.2, 0.25) is 6.41 Å². The lowest BCUT2D eigenvalue weighted by Crippen LogP contribution is -2.31. The summed E-state index contributed by atoms with van der Waals surface area (Å²) in [5, 5.41) is 5.40. The van der Waals surface area contributed by atoms with Gasteiger partial charge in [-0.1, -0.05) is 0 Å². The minimum Gasteiger partial charge on any atom is -0.345 e. The molecule has 1 aliphatic rings. The highest BCUT2D eigenvalue weighted by atomic mass is 19.4. The minimum absolute atomic E-state index is 0.0971. The lowest BCUT2D eigenvalue weighted by atomic mass is 9.92. The molecule has 1 aliphatic heterocycles. The van der Waals surface area contributed by atoms with Crippen molar-refractivity contribution in [3.05, 3.63) is 59.5 Å². The zero-order valence-corrected chi connectivity index (χ0v) is 14.8. The molecule has 3 aromatic rings. The Morgan fingerprint density at radius 3 is 2.32 bits per heavy atom. The van der Waals surface area contributed by atoms with Gasteiger partial charge in [0, 0.05) is 30.5 Å². The van der Waals surface area contributed by atoms with Crippen molar-refractivity contribution in [2.45, 2.75) is 24.9 Å². The fourth-order valence-corrected chi connectivity index (χ4v) is 3.68. The van der Waals surface area contributed by atoms with Crippen LogP contribution in [-0.4, -0.2) is 34.2 Å². The van der Waals surface area contributed by atoms with E-state index in [1.165, 1.54) is 28.9 Å². The van der Waals surface area contributed by atoms with Crippen molar-refractivity contribution in [1.29, 1.82) is 0 Å². The lowest BCUT2D eigenvalue weighted by molar-refractivity contribution is -0.137. The largest absolute Gasteiger partial charge is 0.416 e. The quantitative estimate of drug-likeness (QED) is 0.486. The predicted molar refractivity (Wildman–Crippen MR) is 95.6 cm³/mol. The van der Waals surface area contributed by atoms with Crippen LogP contribution in [0.1, 0.15) is 30.0 Å². The third kappa shape index (κ3) is 3.34. The molecule has 0 atom stereocenters. The van der Waals surface area contributed by atoms with Crippen LogP contribution in [0.2, 0.25) is 0 Å². The fraction of sp³-hybridized carbons (Fsp3) is 0.300. The Bertz CT molecular complexity index is 1000. The van der Waals surface area contributed by atoms with Crippen LogP contribution in [0.4, 0.5) is 17.6 Å². The zero-order chi connectivity index (χ0) is 19.9. The molecule has 0 bridgehead atoms. The highest BCUT2D eigenvalue weighted by Gasteiger charge is 2.30. The summed E-state index contributed by atoms with van der Waals surface area (Å²) in [6.07, 6.45) is -2.14. The van der Waals surface area contributed by atoms with Crippen molar-refractivity contribution >= 4 is 17.3 Å². The number of benzene rings is 2. The number of piperidine rings is 1. The summed E-state index contributed by atoms with van der Waals surface area (Å²) < 4.78 is 53.9. The first-order chi connectivity index (χ1) is 13.4. The molecule has 1 aromatic heterocycles. The van der Waals surface area contributed by atoms with Crippen LogP contribution < -0.4 is 0 Å². The van der Waals surface area contributed by atoms with Crippen molar-refractivity contribution in [3.63, 3.8) is 0 Å². The number of amides is 1. The third-order valence-corrected chi connectivity index (χ3v) is 5.18. The molecule has 4 nitrogen and oxygen atoms in total. The molecule has 0 saturated carbocycles. The first-order valence-corrected chi connectivity index (χ1v) is 8.92. The Morgan fingerprint density at radius 2 is 1.71 bits per heavy atom. The van der Waals surface area contributed by atoms with Crippen molar-refractivity contribution in [2.24, 2.45) is 0 Å². The summed E-state index contributed by atoms with van der Waals surface area (Å²) in [6, 6.07) is 8.99. The molecule has 0 N–H and O–H groups in total. The van der Waals surface area contributed by atoms with Crippen LogP contribution in [0, 0.1) is 5.82 Å². The van der Waals surface area contributed by atoms with Crippen LogP contribution in [0.15, 0.2) is 42.5 Å². The topological polar surface area (TPSA) is 38.1 Å². The van der Waals surface area contributed by atoms with Crippen LogP contribution in [-0.2, 0) is 11.0 Å². The molecule has 1 saturated heterocycles. The van der Waals surface area contributed by atoms with Crippen LogP contribution >= 0.6 is 0 Å². The first-order valence-electron chi connectivity index (χ1n) is 8.92. The van der Waals surface area contributed by atoms with E-state index in [2.05, 4.69) is 5.10 Å². The van der Waals surface area contributed by atoms with Crippen molar-refractivity contribution in [2.75, 3.05) is 13.1 Å². The maximum atomic E-state index is 13.9. The average Bonchev–Trinajstić information content (AvgIpc) is 3.06. The molecule has 0 unspecified atom stereocenters. The van der Waals surface area contributed by atoms with Gasteiger partial charge in [-0.05, 0) is 49.2 Å². The maximum Gasteiger partial charge on any atom is 0.416 e. The monoisotopic (exact) mass is 391 g/mol. The van der Waals surface area contributed by atoms with E-state index in [0.29, 0.717) is 24.3 Å². The summed E-state index contributed by atoms with van der Waals surface area (Å²) in [5.74, 6) is -0.345. The van der Waals surface area contributed by atoms with E-state index >= 15 is 0 Å². The van der Waals surface area contributed by atoms with Gasteiger partial charge >= 0.3 is 6.18 Å². The first kappa shape index (κ1) is 18.5. The second-order valence-electron chi connectivity index (χ2n) is 6.92. The lowest BCUT2D eigenvalue weighted by Gasteiger charge is -2.28. The highest BCUT2D eigenvalue weighted by Crippen LogP contribution is 2.34. The molecule has 0 spiro atoms. The number of hydrogen-bond donors (Lipinski definition) is 0. The number of aromatic nitrogens is 2. The summed E-state index contributed by atoms with van der Waals surface area (Å²) in [4.78, 5) is 12.6. The molecule has 0 radical (unpaired) electrons. The molecule has 4 rings (SSSR count). The number of halogens is 4. The van der Waals surface area contributed by atoms with Crippen LogP contribution in [0.3, 0.4) is 0 Å². The van der Waals surface area contributed by atoms with Crippen LogP contribution in [0.5, 0.6) is 0 Å². The number of nitrogens with zero attached hydrogens (tertiary/aromatic N) is 3. The minimum atomic E-state index is -4.42. The molecule has 2 heterocycles. The SMILES string of the molecule is O=CN1CCC(c2nn(-c3ccc(C(F)(F)F)cc3)c3cc(F)ccc23)CC1. The molecular weight excluding hydrogens is 374 g/mol. The van der Waals surface area contributed by atoms with Crippen LogP contribution in [0.25, 0.3) is 16.6 Å². The molecular formula is C20H17F4N3O. The molecule has 0 aliphatic carbocycles. The fourth-order valence-electron chi connectivity index (χ4n) is 3.68. The second-order valence-corrected chi connectivity index (χ2v) is 6.92. The number of hydrogen-bond acceptors (Lipinski definition) is 2. The van der Waals surface area contributed by atoms with Gasteiger partial charge in [0.1, 0.15) is 5.82 Å². The Hall–Kier alpha value is -2.90. The highest BCUT2D eigenvalue weighted by molar-refractivity contribution is 5.84. The molecule has 1 amide bonds. The van der Waals surface area contributed by atoms with E-state index < -0.39 is 17.6 Å². The van der Waals surface area contributed by atoms with Crippen molar-refractivity contribution in [1.82, 2.24) is 14.7 Å². The average molecular weight is 391 g/mol. The number of fused-ring (bicyclic) bond motifs is 1. The van der Waals surface area contributed by atoms with E-state index in [0.717, 1.165) is 42.5 Å². The maximum absolute atomic E-state index is 13.9. The molecule has 2 aromatic carbocycles. The Morgan fingerprint density at radius 1 is 1.04 bits per heavy atom. The summed E-state index contributed by atoms with van der Waals surface area (Å²) in [6.45, 7) is 1.23. The molecule has 8 heteroatoms. The van der Waals surface area contributed by atoms with Gasteiger partial charge in [-0.3, -0.25) is 4.79 Å². The standard InChI is InChI=1S/C20H17F4N3O/c21-15-3-6-17-18(11-15)27(16-4-1-14(2-5-16)20(22,23)24)25-19(17)13-7-9-26(12-28)10-8-13/h1-6,11-13H,7-10H2. The Labute approximate surface area is 158 Å². The van der Waals surface area contributed by atoms with E-state index in [1.54, 1.807) is 11.0 Å². The number of carbonyl (C=O) groups excluding carboxylic acids is 1. The van der Waals surface area contributed by atoms with Gasteiger partial charge in [-0.2, -0.15) is 18.3 Å². The zero-order valence-electron chi connectivity index (χ0n) is 14.8. The Balaban J connectivity index is 1.77. The normalized spacial score (nSPS) is 15.9. The van der Waals surface area contributed by atoms with E-state index in [-0.39, 0.29) is 5.92 Å². The number of alkyl halides is 3. The van der Waals surface area contributed by atoms with Gasteiger partial charge in [0.05, 0.1) is 22.5 Å². The number of rotatable bonds is 3. The van der Waals surface area contributed by atoms with Gasteiger partial charge < -0.3 is 4.90 Å². The number of likely N-dealkylation sites (tertiary alicyclic amines) is 1. The van der Waals surface area contributed by atoms with Crippen molar-refractivity contribution in [3.8, 4) is 5.69 Å². The summed E-state index contributed by atoms with van der Waals surface area (Å²) >= 11 is 0. The smallest absolute Gasteiger partial charge is 0.345 e. The summed E-state index contributed by atoms with van der Waals surface area (Å²) in [5.41, 5.74) is 0.966. The third-order valence-electron chi connectivity index (χ3n) is 5.18. The Kier molecular flexibility index (Phi) is 4.56.